The molecule has 4 aromatic rings. The van der Waals surface area contributed by atoms with Gasteiger partial charge in [0.05, 0.1) is 12.3 Å². The number of aryl methyl sites for hydroxylation is 2. The number of hydrogen-bond donors (Lipinski definition) is 1. The molecule has 1 aromatic heterocycles. The molecular formula is C29H24BrN3O4. The highest BCUT2D eigenvalue weighted by molar-refractivity contribution is 9.10. The van der Waals surface area contributed by atoms with Crippen LogP contribution in [0.5, 0.6) is 5.75 Å². The van der Waals surface area contributed by atoms with Crippen LogP contribution in [0.4, 0.5) is 10.5 Å². The van der Waals surface area contributed by atoms with Crippen LogP contribution in [0, 0.1) is 6.92 Å². The van der Waals surface area contributed by atoms with Crippen LogP contribution in [0.3, 0.4) is 0 Å². The number of imide groups is 2. The summed E-state index contributed by atoms with van der Waals surface area (Å²) in [4.78, 5) is 39.4. The molecule has 7 nitrogen and oxygen atoms in total. The van der Waals surface area contributed by atoms with E-state index in [2.05, 4.69) is 25.8 Å². The van der Waals surface area contributed by atoms with Crippen molar-refractivity contribution < 1.29 is 19.1 Å². The molecule has 2 heterocycles. The lowest BCUT2D eigenvalue weighted by Gasteiger charge is -2.26. The number of rotatable bonds is 7. The Labute approximate surface area is 222 Å². The summed E-state index contributed by atoms with van der Waals surface area (Å²) in [7, 11) is 0. The Bertz CT molecular complexity index is 1520. The zero-order valence-corrected chi connectivity index (χ0v) is 21.7. The number of fused-ring (bicyclic) bond motifs is 1. The number of nitrogens with zero attached hydrogens (tertiary/aromatic N) is 2. The van der Waals surface area contributed by atoms with Gasteiger partial charge < -0.3 is 9.30 Å². The molecule has 3 aromatic carbocycles. The molecule has 1 saturated heterocycles. The van der Waals surface area contributed by atoms with E-state index in [9.17, 15) is 14.4 Å². The molecule has 8 heteroatoms. The lowest BCUT2D eigenvalue weighted by molar-refractivity contribution is -0.122. The predicted octanol–water partition coefficient (Wildman–Crippen LogP) is 5.85. The van der Waals surface area contributed by atoms with Crippen LogP contribution in [-0.2, 0) is 16.1 Å². The molecule has 186 valence electrons. The van der Waals surface area contributed by atoms with Gasteiger partial charge in [-0.1, -0.05) is 51.8 Å². The second-order valence-electron chi connectivity index (χ2n) is 8.74. The van der Waals surface area contributed by atoms with Crippen molar-refractivity contribution in [3.63, 3.8) is 0 Å². The third-order valence-electron chi connectivity index (χ3n) is 6.14. The number of para-hydroxylation sites is 1. The standard InChI is InChI=1S/C29H24BrN3O4/c1-19-7-13-23(14-8-19)37-16-4-15-32-18-20(24-5-2-3-6-26(24)32)17-25-27(34)31-29(36)33(28(25)35)22-11-9-21(30)10-12-22/h2-3,5-14,17-18H,4,15-16H2,1H3,(H,31,34,36)/b25-17+. The van der Waals surface area contributed by atoms with Gasteiger partial charge in [0.1, 0.15) is 11.3 Å². The average Bonchev–Trinajstić information content (AvgIpc) is 3.24. The third-order valence-corrected chi connectivity index (χ3v) is 6.67. The van der Waals surface area contributed by atoms with E-state index < -0.39 is 17.8 Å². The molecule has 4 amide bonds. The minimum atomic E-state index is -0.773. The second-order valence-corrected chi connectivity index (χ2v) is 9.66. The Morgan fingerprint density at radius 3 is 2.43 bits per heavy atom. The predicted molar refractivity (Wildman–Crippen MR) is 146 cm³/mol. The second kappa shape index (κ2) is 10.4. The van der Waals surface area contributed by atoms with E-state index in [1.165, 1.54) is 5.56 Å². The molecule has 0 unspecified atom stereocenters. The molecule has 0 atom stereocenters. The van der Waals surface area contributed by atoms with Crippen LogP contribution >= 0.6 is 15.9 Å². The van der Waals surface area contributed by atoms with E-state index in [0.717, 1.165) is 38.0 Å². The van der Waals surface area contributed by atoms with Crippen molar-refractivity contribution in [2.75, 3.05) is 11.5 Å². The number of urea groups is 1. The van der Waals surface area contributed by atoms with Crippen molar-refractivity contribution in [2.24, 2.45) is 0 Å². The number of hydrogen-bond acceptors (Lipinski definition) is 4. The molecule has 0 aliphatic carbocycles. The first-order valence-corrected chi connectivity index (χ1v) is 12.6. The summed E-state index contributed by atoms with van der Waals surface area (Å²) in [5.74, 6) is -0.550. The van der Waals surface area contributed by atoms with Crippen molar-refractivity contribution in [2.45, 2.75) is 19.9 Å². The zero-order valence-electron chi connectivity index (χ0n) is 20.1. The Kier molecular flexibility index (Phi) is 6.92. The fourth-order valence-electron chi connectivity index (χ4n) is 4.27. The molecule has 37 heavy (non-hydrogen) atoms. The summed E-state index contributed by atoms with van der Waals surface area (Å²) in [5.41, 5.74) is 3.16. The van der Waals surface area contributed by atoms with E-state index >= 15 is 0 Å². The Hall–Kier alpha value is -4.17. The Balaban J connectivity index is 1.39. The number of barbiturate groups is 1. The number of halogens is 1. The van der Waals surface area contributed by atoms with E-state index in [4.69, 9.17) is 4.74 Å². The summed E-state index contributed by atoms with van der Waals surface area (Å²) < 4.78 is 8.76. The molecule has 1 N–H and O–H groups in total. The molecule has 5 rings (SSSR count). The van der Waals surface area contributed by atoms with Crippen LogP contribution in [0.25, 0.3) is 17.0 Å². The van der Waals surface area contributed by atoms with Crippen molar-refractivity contribution in [3.05, 3.63) is 100 Å². The molecular weight excluding hydrogens is 534 g/mol. The number of benzene rings is 3. The molecule has 1 aliphatic heterocycles. The number of carbonyl (C=O) groups is 3. The summed E-state index contributed by atoms with van der Waals surface area (Å²) in [6.07, 6.45) is 4.25. The number of carbonyl (C=O) groups excluding carboxylic acids is 3. The van der Waals surface area contributed by atoms with Crippen molar-refractivity contribution in [1.82, 2.24) is 9.88 Å². The van der Waals surface area contributed by atoms with Gasteiger partial charge in [-0.15, -0.1) is 0 Å². The van der Waals surface area contributed by atoms with Gasteiger partial charge in [-0.05, 0) is 61.9 Å². The lowest BCUT2D eigenvalue weighted by atomic mass is 10.1. The van der Waals surface area contributed by atoms with Gasteiger partial charge in [-0.25, -0.2) is 9.69 Å². The fourth-order valence-corrected chi connectivity index (χ4v) is 4.54. The SMILES string of the molecule is Cc1ccc(OCCCn2cc(/C=C3\C(=O)NC(=O)N(c4ccc(Br)cc4)C3=O)c3ccccc32)cc1. The first kappa shape index (κ1) is 24.5. The Morgan fingerprint density at radius 1 is 0.946 bits per heavy atom. The van der Waals surface area contributed by atoms with E-state index in [1.54, 1.807) is 30.3 Å². The molecule has 0 spiro atoms. The molecule has 1 aliphatic rings. The highest BCUT2D eigenvalue weighted by Crippen LogP contribution is 2.27. The third kappa shape index (κ3) is 5.20. The molecule has 0 bridgehead atoms. The first-order valence-electron chi connectivity index (χ1n) is 11.8. The number of amides is 4. The monoisotopic (exact) mass is 557 g/mol. The maximum Gasteiger partial charge on any atom is 0.335 e. The quantitative estimate of drug-likeness (QED) is 0.175. The summed E-state index contributed by atoms with van der Waals surface area (Å²) >= 11 is 3.35. The van der Waals surface area contributed by atoms with Crippen molar-refractivity contribution in [3.8, 4) is 5.75 Å². The molecule has 0 radical (unpaired) electrons. The van der Waals surface area contributed by atoms with Gasteiger partial charge in [0, 0.05) is 33.7 Å². The summed E-state index contributed by atoms with van der Waals surface area (Å²) in [5, 5.41) is 3.19. The topological polar surface area (TPSA) is 80.6 Å². The van der Waals surface area contributed by atoms with E-state index in [-0.39, 0.29) is 5.57 Å². The lowest BCUT2D eigenvalue weighted by Crippen LogP contribution is -2.54. The van der Waals surface area contributed by atoms with E-state index in [1.807, 2.05) is 61.7 Å². The van der Waals surface area contributed by atoms with E-state index in [0.29, 0.717) is 18.8 Å². The first-order chi connectivity index (χ1) is 17.9. The summed E-state index contributed by atoms with van der Waals surface area (Å²) in [6.45, 7) is 3.28. The van der Waals surface area contributed by atoms with Gasteiger partial charge in [0.2, 0.25) is 0 Å². The summed E-state index contributed by atoms with van der Waals surface area (Å²) in [6, 6.07) is 21.7. The fraction of sp³-hybridized carbons (Fsp3) is 0.138. The highest BCUT2D eigenvalue weighted by Gasteiger charge is 2.37. The normalized spacial score (nSPS) is 14.9. The molecule has 0 saturated carbocycles. The highest BCUT2D eigenvalue weighted by atomic mass is 79.9. The van der Waals surface area contributed by atoms with Crippen LogP contribution in [0.2, 0.25) is 0 Å². The minimum Gasteiger partial charge on any atom is -0.494 e. The zero-order chi connectivity index (χ0) is 25.9. The average molecular weight is 558 g/mol. The maximum atomic E-state index is 13.3. The van der Waals surface area contributed by atoms with Gasteiger partial charge in [0.25, 0.3) is 11.8 Å². The minimum absolute atomic E-state index is 0.104. The molecule has 1 fully saturated rings. The Morgan fingerprint density at radius 2 is 1.68 bits per heavy atom. The number of aromatic nitrogens is 1. The van der Waals surface area contributed by atoms with Crippen molar-refractivity contribution >= 4 is 56.4 Å². The van der Waals surface area contributed by atoms with Crippen LogP contribution in [0.1, 0.15) is 17.5 Å². The van der Waals surface area contributed by atoms with Gasteiger partial charge >= 0.3 is 6.03 Å². The van der Waals surface area contributed by atoms with Gasteiger partial charge in [-0.3, -0.25) is 14.9 Å². The van der Waals surface area contributed by atoms with Crippen LogP contribution in [0.15, 0.2) is 89.0 Å². The maximum absolute atomic E-state index is 13.3. The number of nitrogens with one attached hydrogen (secondary N) is 1. The largest absolute Gasteiger partial charge is 0.494 e. The van der Waals surface area contributed by atoms with Gasteiger partial charge in [0.15, 0.2) is 0 Å². The van der Waals surface area contributed by atoms with Gasteiger partial charge in [-0.2, -0.15) is 0 Å². The van der Waals surface area contributed by atoms with Crippen LogP contribution < -0.4 is 15.0 Å². The smallest absolute Gasteiger partial charge is 0.335 e. The van der Waals surface area contributed by atoms with Crippen LogP contribution in [-0.4, -0.2) is 29.0 Å². The van der Waals surface area contributed by atoms with Crippen molar-refractivity contribution in [1.29, 1.82) is 0 Å². The number of anilines is 1. The number of ether oxygens (including phenoxy) is 1.